The van der Waals surface area contributed by atoms with Crippen molar-refractivity contribution in [1.29, 1.82) is 0 Å². The molecule has 0 aliphatic heterocycles. The minimum Gasteiger partial charge on any atom is -0.336 e. The molecule has 0 N–H and O–H groups in total. The summed E-state index contributed by atoms with van der Waals surface area (Å²) in [5.74, 6) is -0.0972. The van der Waals surface area contributed by atoms with Gasteiger partial charge < -0.3 is 4.90 Å². The lowest BCUT2D eigenvalue weighted by atomic mass is 10.2. The summed E-state index contributed by atoms with van der Waals surface area (Å²) in [6, 6.07) is 5.46. The molecular formula is C17H17Cl2N3OS. The topological polar surface area (TPSA) is 38.1 Å². The van der Waals surface area contributed by atoms with Crippen LogP contribution in [-0.4, -0.2) is 27.6 Å². The summed E-state index contributed by atoms with van der Waals surface area (Å²) in [6.45, 7) is 4.45. The van der Waals surface area contributed by atoms with Crippen LogP contribution < -0.4 is 0 Å². The van der Waals surface area contributed by atoms with E-state index in [0.29, 0.717) is 21.5 Å². The van der Waals surface area contributed by atoms with Gasteiger partial charge in [0.25, 0.3) is 5.91 Å². The Morgan fingerprint density at radius 3 is 2.67 bits per heavy atom. The van der Waals surface area contributed by atoms with Crippen LogP contribution >= 0.6 is 34.5 Å². The van der Waals surface area contributed by atoms with E-state index in [4.69, 9.17) is 23.2 Å². The number of amides is 1. The van der Waals surface area contributed by atoms with Gasteiger partial charge in [-0.1, -0.05) is 29.3 Å². The molecule has 0 radical (unpaired) electrons. The minimum atomic E-state index is -0.0972. The molecule has 0 atom stereocenters. The summed E-state index contributed by atoms with van der Waals surface area (Å²) in [5, 5.41) is 6.38. The molecule has 126 valence electrons. The first-order valence-corrected chi connectivity index (χ1v) is 8.99. The first-order valence-electron chi connectivity index (χ1n) is 7.41. The molecule has 1 aromatic carbocycles. The number of carbonyl (C=O) groups is 1. The molecule has 4 nitrogen and oxygen atoms in total. The van der Waals surface area contributed by atoms with Crippen molar-refractivity contribution in [2.24, 2.45) is 7.05 Å². The predicted molar refractivity (Wildman–Crippen MR) is 100 cm³/mol. The molecule has 3 rings (SSSR count). The number of nitrogens with zero attached hydrogens (tertiary/aromatic N) is 3. The molecular weight excluding hydrogens is 365 g/mol. The number of aromatic nitrogens is 2. The third-order valence-electron chi connectivity index (χ3n) is 4.19. The van der Waals surface area contributed by atoms with Crippen LogP contribution in [0.3, 0.4) is 0 Å². The standard InChI is InChI=1S/C17H17Cl2N3OS/c1-9-13(10(2)22(4)20-9)8-21(3)17(23)16-15(19)12-6-5-11(18)7-14(12)24-16/h5-7H,8H2,1-4H3. The van der Waals surface area contributed by atoms with Crippen LogP contribution in [0, 0.1) is 13.8 Å². The quantitative estimate of drug-likeness (QED) is 0.651. The second-order valence-corrected chi connectivity index (χ2v) is 7.69. The lowest BCUT2D eigenvalue weighted by molar-refractivity contribution is 0.0789. The molecule has 0 aliphatic carbocycles. The van der Waals surface area contributed by atoms with E-state index < -0.39 is 0 Å². The molecule has 0 spiro atoms. The van der Waals surface area contributed by atoms with Crippen molar-refractivity contribution in [1.82, 2.24) is 14.7 Å². The van der Waals surface area contributed by atoms with E-state index in [-0.39, 0.29) is 5.91 Å². The molecule has 0 saturated heterocycles. The van der Waals surface area contributed by atoms with Gasteiger partial charge in [0.15, 0.2) is 0 Å². The fourth-order valence-electron chi connectivity index (χ4n) is 2.71. The van der Waals surface area contributed by atoms with Crippen LogP contribution in [0.4, 0.5) is 0 Å². The second kappa shape index (κ2) is 6.39. The van der Waals surface area contributed by atoms with Gasteiger partial charge in [-0.2, -0.15) is 5.10 Å². The first kappa shape index (κ1) is 17.3. The van der Waals surface area contributed by atoms with E-state index in [1.807, 2.05) is 37.7 Å². The number of hydrogen-bond acceptors (Lipinski definition) is 3. The number of fused-ring (bicyclic) bond motifs is 1. The number of carbonyl (C=O) groups excluding carboxylic acids is 1. The van der Waals surface area contributed by atoms with Gasteiger partial charge in [0.2, 0.25) is 0 Å². The van der Waals surface area contributed by atoms with Crippen LogP contribution in [0.5, 0.6) is 0 Å². The summed E-state index contributed by atoms with van der Waals surface area (Å²) < 4.78 is 2.75. The monoisotopic (exact) mass is 381 g/mol. The van der Waals surface area contributed by atoms with Crippen molar-refractivity contribution in [3.05, 3.63) is 50.1 Å². The van der Waals surface area contributed by atoms with Gasteiger partial charge in [0.1, 0.15) is 4.88 Å². The zero-order valence-corrected chi connectivity index (χ0v) is 16.2. The number of aryl methyl sites for hydroxylation is 2. The maximum atomic E-state index is 12.8. The van der Waals surface area contributed by atoms with Crippen molar-refractivity contribution in [3.8, 4) is 0 Å². The van der Waals surface area contributed by atoms with Gasteiger partial charge in [0.05, 0.1) is 10.7 Å². The van der Waals surface area contributed by atoms with Crippen LogP contribution in [0.15, 0.2) is 18.2 Å². The fourth-order valence-corrected chi connectivity index (χ4v) is 4.49. The highest BCUT2D eigenvalue weighted by Crippen LogP contribution is 2.37. The molecule has 2 aromatic heterocycles. The van der Waals surface area contributed by atoms with E-state index in [0.717, 1.165) is 27.0 Å². The highest BCUT2D eigenvalue weighted by molar-refractivity contribution is 7.21. The molecule has 0 bridgehead atoms. The Balaban J connectivity index is 1.92. The van der Waals surface area contributed by atoms with E-state index in [1.54, 1.807) is 18.0 Å². The average molecular weight is 382 g/mol. The summed E-state index contributed by atoms with van der Waals surface area (Å²) in [4.78, 5) is 15.1. The molecule has 0 aliphatic rings. The number of hydrogen-bond donors (Lipinski definition) is 0. The van der Waals surface area contributed by atoms with Crippen molar-refractivity contribution < 1.29 is 4.79 Å². The zero-order chi connectivity index (χ0) is 17.6. The Kier molecular flexibility index (Phi) is 4.60. The molecule has 0 saturated carbocycles. The Morgan fingerprint density at radius 1 is 1.33 bits per heavy atom. The molecule has 3 aromatic rings. The van der Waals surface area contributed by atoms with Crippen molar-refractivity contribution >= 4 is 50.5 Å². The maximum Gasteiger partial charge on any atom is 0.265 e. The Morgan fingerprint density at radius 2 is 2.04 bits per heavy atom. The van der Waals surface area contributed by atoms with Crippen LogP contribution in [-0.2, 0) is 13.6 Å². The van der Waals surface area contributed by atoms with E-state index in [2.05, 4.69) is 5.10 Å². The molecule has 1 amide bonds. The van der Waals surface area contributed by atoms with Crippen molar-refractivity contribution in [2.45, 2.75) is 20.4 Å². The van der Waals surface area contributed by atoms with Crippen molar-refractivity contribution in [2.75, 3.05) is 7.05 Å². The summed E-state index contributed by atoms with van der Waals surface area (Å²) in [5.41, 5.74) is 3.05. The average Bonchev–Trinajstić information content (AvgIpc) is 2.97. The molecule has 24 heavy (non-hydrogen) atoms. The number of thiophene rings is 1. The van der Waals surface area contributed by atoms with Crippen LogP contribution in [0.25, 0.3) is 10.1 Å². The fraction of sp³-hybridized carbons (Fsp3) is 0.294. The Bertz CT molecular complexity index is 945. The zero-order valence-electron chi connectivity index (χ0n) is 13.9. The van der Waals surface area contributed by atoms with Gasteiger partial charge >= 0.3 is 0 Å². The van der Waals surface area contributed by atoms with Gasteiger partial charge in [-0.25, -0.2) is 0 Å². The lowest BCUT2D eigenvalue weighted by Crippen LogP contribution is -2.26. The first-order chi connectivity index (χ1) is 11.3. The Hall–Kier alpha value is -1.56. The number of halogens is 2. The van der Waals surface area contributed by atoms with E-state index in [9.17, 15) is 4.79 Å². The Labute approximate surface area is 154 Å². The maximum absolute atomic E-state index is 12.8. The summed E-state index contributed by atoms with van der Waals surface area (Å²) in [6.07, 6.45) is 0. The van der Waals surface area contributed by atoms with E-state index >= 15 is 0 Å². The molecule has 2 heterocycles. The smallest absolute Gasteiger partial charge is 0.265 e. The third-order valence-corrected chi connectivity index (χ3v) is 6.07. The molecule has 0 unspecified atom stereocenters. The predicted octanol–water partition coefficient (Wildman–Crippen LogP) is 4.83. The SMILES string of the molecule is Cc1nn(C)c(C)c1CN(C)C(=O)c1sc2cc(Cl)ccc2c1Cl. The van der Waals surface area contributed by atoms with E-state index in [1.165, 1.54) is 11.3 Å². The largest absolute Gasteiger partial charge is 0.336 e. The summed E-state index contributed by atoms with van der Waals surface area (Å²) in [7, 11) is 3.68. The number of benzene rings is 1. The molecule has 7 heteroatoms. The summed E-state index contributed by atoms with van der Waals surface area (Å²) >= 11 is 13.8. The van der Waals surface area contributed by atoms with Crippen molar-refractivity contribution in [3.63, 3.8) is 0 Å². The normalized spacial score (nSPS) is 11.2. The van der Waals surface area contributed by atoms with Gasteiger partial charge in [-0.15, -0.1) is 11.3 Å². The third kappa shape index (κ3) is 2.92. The number of rotatable bonds is 3. The lowest BCUT2D eigenvalue weighted by Gasteiger charge is -2.17. The second-order valence-electron chi connectivity index (χ2n) is 5.82. The van der Waals surface area contributed by atoms with Crippen LogP contribution in [0.1, 0.15) is 26.6 Å². The highest BCUT2D eigenvalue weighted by Gasteiger charge is 2.22. The van der Waals surface area contributed by atoms with Gasteiger partial charge in [-0.3, -0.25) is 9.48 Å². The van der Waals surface area contributed by atoms with Gasteiger partial charge in [0, 0.05) is 47.0 Å². The van der Waals surface area contributed by atoms with Crippen LogP contribution in [0.2, 0.25) is 10.0 Å². The highest BCUT2D eigenvalue weighted by atomic mass is 35.5. The minimum absolute atomic E-state index is 0.0972. The van der Waals surface area contributed by atoms with Gasteiger partial charge in [-0.05, 0) is 26.0 Å². The molecule has 0 fully saturated rings.